The smallest absolute Gasteiger partial charge is 0.236 e. The van der Waals surface area contributed by atoms with Gasteiger partial charge in [0.1, 0.15) is 0 Å². The summed E-state index contributed by atoms with van der Waals surface area (Å²) in [7, 11) is 1.92. The minimum Gasteiger partial charge on any atom is -0.320 e. The third-order valence-corrected chi connectivity index (χ3v) is 1.42. The predicted molar refractivity (Wildman–Crippen MR) is 42.3 cm³/mol. The summed E-state index contributed by atoms with van der Waals surface area (Å²) in [6.07, 6.45) is 5.56. The third-order valence-electron chi connectivity index (χ3n) is 1.07. The lowest BCUT2D eigenvalue weighted by Gasteiger charge is -1.93. The van der Waals surface area contributed by atoms with Gasteiger partial charge in [0.25, 0.3) is 0 Å². The molecule has 0 radical (unpaired) electrons. The van der Waals surface area contributed by atoms with Crippen molar-refractivity contribution in [1.29, 1.82) is 0 Å². The van der Waals surface area contributed by atoms with Crippen LogP contribution in [-0.2, 0) is 7.05 Å². The minimum absolute atomic E-state index is 0.745. The second-order valence-corrected chi connectivity index (χ2v) is 2.35. The molecular weight excluding hydrogens is 146 g/mol. The van der Waals surface area contributed by atoms with E-state index in [1.807, 2.05) is 30.1 Å². The van der Waals surface area contributed by atoms with E-state index in [2.05, 4.69) is 9.38 Å². The normalized spacial score (nSPS) is 12.0. The highest BCUT2D eigenvalue weighted by atomic mass is 32.2. The Morgan fingerprint density at radius 1 is 1.70 bits per heavy atom. The van der Waals surface area contributed by atoms with E-state index in [1.54, 1.807) is 6.20 Å². The van der Waals surface area contributed by atoms with Gasteiger partial charge in [-0.1, -0.05) is 0 Å². The molecule has 0 spiro atoms. The van der Waals surface area contributed by atoms with Gasteiger partial charge in [-0.3, -0.25) is 0 Å². The summed E-state index contributed by atoms with van der Waals surface area (Å²) < 4.78 is 5.95. The molecule has 0 saturated heterocycles. The number of aryl methyl sites for hydroxylation is 1. The van der Waals surface area contributed by atoms with Crippen molar-refractivity contribution in [3.63, 3.8) is 0 Å². The fourth-order valence-electron chi connectivity index (χ4n) is 0.605. The van der Waals surface area contributed by atoms with Gasteiger partial charge in [-0.25, -0.2) is 4.98 Å². The largest absolute Gasteiger partial charge is 0.320 e. The van der Waals surface area contributed by atoms with Crippen LogP contribution in [0, 0.1) is 0 Å². The first-order valence-electron chi connectivity index (χ1n) is 2.89. The summed E-state index contributed by atoms with van der Waals surface area (Å²) in [5.41, 5.74) is 0.745. The fourth-order valence-corrected chi connectivity index (χ4v) is 0.944. The predicted octanol–water partition coefficient (Wildman–Crippen LogP) is 0.599. The highest BCUT2D eigenvalue weighted by Gasteiger charge is 1.82. The summed E-state index contributed by atoms with van der Waals surface area (Å²) in [5.74, 6) is 0. The topological polar surface area (TPSA) is 30.2 Å². The molecule has 1 rings (SSSR count). The van der Waals surface area contributed by atoms with Crippen molar-refractivity contribution in [3.8, 4) is 0 Å². The quantitative estimate of drug-likeness (QED) is 0.556. The molecule has 0 atom stereocenters. The maximum absolute atomic E-state index is 4.07. The van der Waals surface area contributed by atoms with E-state index in [0.717, 1.165) is 5.62 Å². The van der Waals surface area contributed by atoms with Crippen molar-refractivity contribution in [1.82, 2.24) is 9.55 Å². The average molecular weight is 155 g/mol. The van der Waals surface area contributed by atoms with Crippen LogP contribution in [0.3, 0.4) is 0 Å². The highest BCUT2D eigenvalue weighted by molar-refractivity contribution is 7.97. The van der Waals surface area contributed by atoms with Crippen LogP contribution >= 0.6 is 11.9 Å². The van der Waals surface area contributed by atoms with E-state index >= 15 is 0 Å². The number of hydrogen-bond donors (Lipinski definition) is 0. The second-order valence-electron chi connectivity index (χ2n) is 1.80. The van der Waals surface area contributed by atoms with Crippen LogP contribution in [0.4, 0.5) is 0 Å². The van der Waals surface area contributed by atoms with Gasteiger partial charge < -0.3 is 4.57 Å². The van der Waals surface area contributed by atoms with Gasteiger partial charge in [-0.15, -0.1) is 0 Å². The second kappa shape index (κ2) is 3.41. The molecule has 0 bridgehead atoms. The lowest BCUT2D eigenvalue weighted by Crippen LogP contribution is -2.19. The molecule has 0 saturated carbocycles. The molecule has 3 nitrogen and oxygen atoms in total. The number of aromatic nitrogens is 2. The molecule has 0 aromatic carbocycles. The van der Waals surface area contributed by atoms with E-state index < -0.39 is 0 Å². The Kier molecular flexibility index (Phi) is 2.50. The first-order chi connectivity index (χ1) is 4.84. The maximum Gasteiger partial charge on any atom is 0.236 e. The molecule has 0 aliphatic rings. The van der Waals surface area contributed by atoms with Crippen molar-refractivity contribution in [2.45, 2.75) is 0 Å². The Labute approximate surface area is 64.0 Å². The molecule has 54 valence electrons. The molecule has 1 aromatic heterocycles. The molecule has 0 unspecified atom stereocenters. The van der Waals surface area contributed by atoms with Crippen LogP contribution in [0.25, 0.3) is 0 Å². The van der Waals surface area contributed by atoms with Crippen LogP contribution in [0.15, 0.2) is 22.9 Å². The van der Waals surface area contributed by atoms with E-state index in [1.165, 1.54) is 11.9 Å². The zero-order valence-corrected chi connectivity index (χ0v) is 6.80. The SMILES string of the molecule is CS/N=c1/ncccn1C. The monoisotopic (exact) mass is 155 g/mol. The maximum atomic E-state index is 4.07. The zero-order chi connectivity index (χ0) is 7.40. The summed E-state index contributed by atoms with van der Waals surface area (Å²) >= 11 is 1.41. The van der Waals surface area contributed by atoms with Crippen LogP contribution < -0.4 is 5.62 Å². The van der Waals surface area contributed by atoms with Crippen LogP contribution in [0.1, 0.15) is 0 Å². The third kappa shape index (κ3) is 1.60. The molecule has 0 fully saturated rings. The van der Waals surface area contributed by atoms with Crippen molar-refractivity contribution in [2.24, 2.45) is 11.4 Å². The molecule has 10 heavy (non-hydrogen) atoms. The van der Waals surface area contributed by atoms with Crippen LogP contribution in [-0.4, -0.2) is 15.8 Å². The standard InChI is InChI=1S/C6H9N3S/c1-9-5-3-4-7-6(9)8-10-2/h3-5H,1-2H3/b8-6-. The van der Waals surface area contributed by atoms with Gasteiger partial charge >= 0.3 is 0 Å². The van der Waals surface area contributed by atoms with Gasteiger partial charge in [0, 0.05) is 25.7 Å². The first kappa shape index (κ1) is 7.34. The first-order valence-corrected chi connectivity index (χ1v) is 4.07. The van der Waals surface area contributed by atoms with Crippen molar-refractivity contribution >= 4 is 11.9 Å². The lowest BCUT2D eigenvalue weighted by molar-refractivity contribution is 0.791. The molecule has 0 aliphatic carbocycles. The van der Waals surface area contributed by atoms with E-state index in [-0.39, 0.29) is 0 Å². The molecule has 0 aliphatic heterocycles. The Morgan fingerprint density at radius 3 is 3.10 bits per heavy atom. The average Bonchev–Trinajstić information content (AvgIpc) is 1.94. The van der Waals surface area contributed by atoms with Crippen LogP contribution in [0.5, 0.6) is 0 Å². The Morgan fingerprint density at radius 2 is 2.50 bits per heavy atom. The minimum atomic E-state index is 0.745. The summed E-state index contributed by atoms with van der Waals surface area (Å²) in [6, 6.07) is 1.87. The molecule has 1 aromatic rings. The Balaban J connectivity index is 3.15. The number of hydrogen-bond acceptors (Lipinski definition) is 3. The summed E-state index contributed by atoms with van der Waals surface area (Å²) in [6.45, 7) is 0. The van der Waals surface area contributed by atoms with Crippen molar-refractivity contribution in [3.05, 3.63) is 24.1 Å². The Hall–Kier alpha value is -0.770. The van der Waals surface area contributed by atoms with Crippen molar-refractivity contribution < 1.29 is 0 Å². The molecular formula is C6H9N3S. The fraction of sp³-hybridized carbons (Fsp3) is 0.333. The van der Waals surface area contributed by atoms with E-state index in [9.17, 15) is 0 Å². The van der Waals surface area contributed by atoms with Gasteiger partial charge in [-0.2, -0.15) is 4.40 Å². The van der Waals surface area contributed by atoms with Gasteiger partial charge in [0.2, 0.25) is 5.62 Å². The lowest BCUT2D eigenvalue weighted by atomic mass is 10.7. The molecule has 0 N–H and O–H groups in total. The number of rotatable bonds is 1. The van der Waals surface area contributed by atoms with E-state index in [0.29, 0.717) is 0 Å². The molecule has 4 heteroatoms. The van der Waals surface area contributed by atoms with Crippen LogP contribution in [0.2, 0.25) is 0 Å². The molecule has 1 heterocycles. The zero-order valence-electron chi connectivity index (χ0n) is 5.98. The number of nitrogens with zero attached hydrogens (tertiary/aromatic N) is 3. The summed E-state index contributed by atoms with van der Waals surface area (Å²) in [4.78, 5) is 4.04. The highest BCUT2D eigenvalue weighted by Crippen LogP contribution is 1.87. The van der Waals surface area contributed by atoms with Gasteiger partial charge in [0.05, 0.1) is 0 Å². The van der Waals surface area contributed by atoms with Gasteiger partial charge in [0.15, 0.2) is 0 Å². The van der Waals surface area contributed by atoms with E-state index in [4.69, 9.17) is 0 Å². The van der Waals surface area contributed by atoms with Crippen molar-refractivity contribution in [2.75, 3.05) is 6.26 Å². The summed E-state index contributed by atoms with van der Waals surface area (Å²) in [5, 5.41) is 0. The van der Waals surface area contributed by atoms with Gasteiger partial charge in [-0.05, 0) is 18.0 Å². The molecule has 0 amide bonds. The Bertz CT molecular complexity index is 266.